The van der Waals surface area contributed by atoms with Crippen LogP contribution in [0.2, 0.25) is 0 Å². The molecular formula is C12H20ClN3O2S. The molecule has 5 nitrogen and oxygen atoms in total. The Kier molecular flexibility index (Phi) is 4.53. The fraction of sp³-hybridized carbons (Fsp3) is 0.750. The molecule has 0 amide bonds. The summed E-state index contributed by atoms with van der Waals surface area (Å²) < 4.78 is 28.6. The Hall–Kier alpha value is -0.590. The van der Waals surface area contributed by atoms with E-state index < -0.39 is 10.0 Å². The normalized spacial score (nSPS) is 24.6. The zero-order valence-electron chi connectivity index (χ0n) is 11.3. The lowest BCUT2D eigenvalue weighted by Crippen LogP contribution is -2.34. The number of alkyl halides is 1. The lowest BCUT2D eigenvalue weighted by molar-refractivity contribution is 0.364. The molecule has 0 aliphatic heterocycles. The van der Waals surface area contributed by atoms with Crippen LogP contribution in [0.15, 0.2) is 11.2 Å². The minimum Gasteiger partial charge on any atom is -0.337 e. The summed E-state index contributed by atoms with van der Waals surface area (Å²) in [5, 5.41) is 0.149. The van der Waals surface area contributed by atoms with Gasteiger partial charge in [0.2, 0.25) is 0 Å². The molecule has 1 saturated carbocycles. The maximum Gasteiger partial charge on any atom is 0.259 e. The number of nitrogens with one attached hydrogen (secondary N) is 1. The fourth-order valence-electron chi connectivity index (χ4n) is 2.34. The quantitative estimate of drug-likeness (QED) is 0.863. The van der Waals surface area contributed by atoms with Crippen LogP contribution in [-0.2, 0) is 17.1 Å². The third-order valence-corrected chi connectivity index (χ3v) is 5.58. The zero-order valence-corrected chi connectivity index (χ0v) is 12.8. The van der Waals surface area contributed by atoms with E-state index in [9.17, 15) is 8.42 Å². The SMILES string of the molecule is Cc1nc(S(=O)(=O)NCC2CCCCC2Cl)cn1C. The fourth-order valence-corrected chi connectivity index (χ4v) is 3.84. The number of hydrogen-bond acceptors (Lipinski definition) is 3. The van der Waals surface area contributed by atoms with Gasteiger partial charge >= 0.3 is 0 Å². The highest BCUT2D eigenvalue weighted by molar-refractivity contribution is 7.89. The Labute approximate surface area is 119 Å². The highest BCUT2D eigenvalue weighted by Crippen LogP contribution is 2.28. The van der Waals surface area contributed by atoms with E-state index in [0.29, 0.717) is 12.4 Å². The van der Waals surface area contributed by atoms with Gasteiger partial charge in [-0.15, -0.1) is 11.6 Å². The van der Waals surface area contributed by atoms with Crippen molar-refractivity contribution in [2.24, 2.45) is 13.0 Å². The first-order valence-corrected chi connectivity index (χ1v) is 8.46. The Bertz CT molecular complexity index is 522. The van der Waals surface area contributed by atoms with Crippen molar-refractivity contribution in [2.75, 3.05) is 6.54 Å². The van der Waals surface area contributed by atoms with Crippen LogP contribution in [0.3, 0.4) is 0 Å². The van der Waals surface area contributed by atoms with Gasteiger partial charge in [0.05, 0.1) is 0 Å². The largest absolute Gasteiger partial charge is 0.337 e. The van der Waals surface area contributed by atoms with Crippen LogP contribution in [0.5, 0.6) is 0 Å². The highest BCUT2D eigenvalue weighted by atomic mass is 35.5. The molecule has 1 heterocycles. The monoisotopic (exact) mass is 305 g/mol. The number of rotatable bonds is 4. The van der Waals surface area contributed by atoms with Crippen molar-refractivity contribution >= 4 is 21.6 Å². The molecule has 2 rings (SSSR count). The van der Waals surface area contributed by atoms with Crippen molar-refractivity contribution in [3.63, 3.8) is 0 Å². The van der Waals surface area contributed by atoms with Crippen molar-refractivity contribution in [3.8, 4) is 0 Å². The van der Waals surface area contributed by atoms with Crippen LogP contribution in [0.1, 0.15) is 31.5 Å². The topological polar surface area (TPSA) is 64.0 Å². The van der Waals surface area contributed by atoms with Crippen molar-refractivity contribution < 1.29 is 8.42 Å². The summed E-state index contributed by atoms with van der Waals surface area (Å²) in [7, 11) is -1.75. The van der Waals surface area contributed by atoms with Crippen LogP contribution in [0.25, 0.3) is 0 Å². The highest BCUT2D eigenvalue weighted by Gasteiger charge is 2.26. The Morgan fingerprint density at radius 2 is 2.16 bits per heavy atom. The summed E-state index contributed by atoms with van der Waals surface area (Å²) >= 11 is 6.23. The molecule has 0 bridgehead atoms. The number of imidazole rings is 1. The van der Waals surface area contributed by atoms with Crippen LogP contribution in [0.4, 0.5) is 0 Å². The molecule has 1 N–H and O–H groups in total. The Balaban J connectivity index is 2.01. The van der Waals surface area contributed by atoms with Crippen LogP contribution in [0, 0.1) is 12.8 Å². The minimum atomic E-state index is -3.53. The second kappa shape index (κ2) is 5.81. The molecule has 1 aliphatic rings. The van der Waals surface area contributed by atoms with Gasteiger partial charge in [-0.2, -0.15) is 0 Å². The summed E-state index contributed by atoms with van der Waals surface area (Å²) in [4.78, 5) is 4.04. The van der Waals surface area contributed by atoms with E-state index in [4.69, 9.17) is 11.6 Å². The molecule has 0 radical (unpaired) electrons. The van der Waals surface area contributed by atoms with E-state index in [1.807, 2.05) is 0 Å². The molecule has 1 fully saturated rings. The molecule has 0 spiro atoms. The van der Waals surface area contributed by atoms with Crippen molar-refractivity contribution in [1.29, 1.82) is 0 Å². The number of aromatic nitrogens is 2. The van der Waals surface area contributed by atoms with Crippen molar-refractivity contribution in [3.05, 3.63) is 12.0 Å². The molecule has 0 aromatic carbocycles. The van der Waals surface area contributed by atoms with Gasteiger partial charge < -0.3 is 4.57 Å². The number of halogens is 1. The van der Waals surface area contributed by atoms with Gasteiger partial charge in [-0.1, -0.05) is 12.8 Å². The smallest absolute Gasteiger partial charge is 0.259 e. The molecular weight excluding hydrogens is 286 g/mol. The zero-order chi connectivity index (χ0) is 14.0. The Morgan fingerprint density at radius 3 is 2.74 bits per heavy atom. The summed E-state index contributed by atoms with van der Waals surface area (Å²) in [6.07, 6.45) is 5.74. The maximum atomic E-state index is 12.1. The molecule has 7 heteroatoms. The van der Waals surface area contributed by atoms with Crippen LogP contribution >= 0.6 is 11.6 Å². The van der Waals surface area contributed by atoms with Crippen LogP contribution in [-0.4, -0.2) is 29.9 Å². The molecule has 0 saturated heterocycles. The molecule has 108 valence electrons. The van der Waals surface area contributed by atoms with E-state index in [1.165, 1.54) is 6.20 Å². The molecule has 2 unspecified atom stereocenters. The van der Waals surface area contributed by atoms with Gasteiger partial charge in [0.25, 0.3) is 10.0 Å². The first-order valence-electron chi connectivity index (χ1n) is 6.54. The van der Waals surface area contributed by atoms with E-state index in [2.05, 4.69) is 9.71 Å². The van der Waals surface area contributed by atoms with Crippen molar-refractivity contribution in [2.45, 2.75) is 43.0 Å². The van der Waals surface area contributed by atoms with Gasteiger partial charge in [0.15, 0.2) is 5.03 Å². The van der Waals surface area contributed by atoms with Gasteiger partial charge in [-0.3, -0.25) is 0 Å². The van der Waals surface area contributed by atoms with Gasteiger partial charge in [0.1, 0.15) is 5.82 Å². The third-order valence-electron chi connectivity index (χ3n) is 3.71. The third kappa shape index (κ3) is 3.49. The second-order valence-electron chi connectivity index (χ2n) is 5.15. The van der Waals surface area contributed by atoms with E-state index in [1.54, 1.807) is 18.5 Å². The lowest BCUT2D eigenvalue weighted by Gasteiger charge is -2.26. The summed E-state index contributed by atoms with van der Waals surface area (Å²) in [5.74, 6) is 0.892. The molecule has 1 aromatic heterocycles. The predicted molar refractivity (Wildman–Crippen MR) is 74.7 cm³/mol. The first kappa shape index (κ1) is 14.8. The first-order chi connectivity index (χ1) is 8.90. The molecule has 1 aromatic rings. The van der Waals surface area contributed by atoms with Crippen LogP contribution < -0.4 is 4.72 Å². The molecule has 19 heavy (non-hydrogen) atoms. The lowest BCUT2D eigenvalue weighted by atomic mass is 9.89. The Morgan fingerprint density at radius 1 is 1.47 bits per heavy atom. The number of aryl methyl sites for hydroxylation is 2. The van der Waals surface area contributed by atoms with Gasteiger partial charge in [-0.05, 0) is 25.7 Å². The van der Waals surface area contributed by atoms with Gasteiger partial charge in [-0.25, -0.2) is 18.1 Å². The van der Waals surface area contributed by atoms with Gasteiger partial charge in [0, 0.05) is 25.2 Å². The van der Waals surface area contributed by atoms with E-state index in [-0.39, 0.29) is 16.3 Å². The number of hydrogen-bond donors (Lipinski definition) is 1. The summed E-state index contributed by atoms with van der Waals surface area (Å²) in [5.41, 5.74) is 0. The second-order valence-corrected chi connectivity index (χ2v) is 7.42. The summed E-state index contributed by atoms with van der Waals surface area (Å²) in [6, 6.07) is 0. The number of sulfonamides is 1. The van der Waals surface area contributed by atoms with Crippen molar-refractivity contribution in [1.82, 2.24) is 14.3 Å². The average molecular weight is 306 g/mol. The van der Waals surface area contributed by atoms with E-state index in [0.717, 1.165) is 25.7 Å². The molecule has 1 aliphatic carbocycles. The molecule has 2 atom stereocenters. The number of nitrogens with zero attached hydrogens (tertiary/aromatic N) is 2. The maximum absolute atomic E-state index is 12.1. The van der Waals surface area contributed by atoms with E-state index >= 15 is 0 Å². The minimum absolute atomic E-state index is 0.0712. The average Bonchev–Trinajstić information content (AvgIpc) is 2.70. The predicted octanol–water partition coefficient (Wildman–Crippen LogP) is 1.80. The standard InChI is InChI=1S/C12H20ClN3O2S/c1-9-15-12(8-16(9)2)19(17,18)14-7-10-5-3-4-6-11(10)13/h8,10-11,14H,3-7H2,1-2H3. The summed E-state index contributed by atoms with van der Waals surface area (Å²) in [6.45, 7) is 2.17.